The van der Waals surface area contributed by atoms with Crippen LogP contribution in [-0.4, -0.2) is 23.3 Å². The van der Waals surface area contributed by atoms with Gasteiger partial charge in [-0.3, -0.25) is 9.59 Å². The number of hydrogen-bond donors (Lipinski definition) is 1. The van der Waals surface area contributed by atoms with E-state index in [4.69, 9.17) is 4.42 Å². The third kappa shape index (κ3) is 3.30. The predicted octanol–water partition coefficient (Wildman–Crippen LogP) is 3.74. The average molecular weight is 363 g/mol. The minimum Gasteiger partial charge on any atom is -0.441 e. The number of aromatic nitrogens is 1. The van der Waals surface area contributed by atoms with E-state index in [9.17, 15) is 9.59 Å². The van der Waals surface area contributed by atoms with Gasteiger partial charge in [0.2, 0.25) is 11.8 Å². The summed E-state index contributed by atoms with van der Waals surface area (Å²) in [5, 5.41) is 2.93. The van der Waals surface area contributed by atoms with Gasteiger partial charge in [-0.1, -0.05) is 6.07 Å². The molecule has 1 N–H and O–H groups in total. The van der Waals surface area contributed by atoms with Crippen molar-refractivity contribution in [3.8, 4) is 0 Å². The number of benzene rings is 2. The number of aryl methyl sites for hydroxylation is 3. The first-order valence-corrected chi connectivity index (χ1v) is 8.96. The van der Waals surface area contributed by atoms with Gasteiger partial charge in [0.05, 0.1) is 5.92 Å². The van der Waals surface area contributed by atoms with E-state index >= 15 is 0 Å². The van der Waals surface area contributed by atoms with Gasteiger partial charge in [-0.15, -0.1) is 0 Å². The zero-order valence-corrected chi connectivity index (χ0v) is 15.6. The molecule has 1 unspecified atom stereocenters. The van der Waals surface area contributed by atoms with Gasteiger partial charge in [0.25, 0.3) is 0 Å². The topological polar surface area (TPSA) is 75.4 Å². The van der Waals surface area contributed by atoms with Crippen molar-refractivity contribution in [1.29, 1.82) is 0 Å². The molecule has 138 valence electrons. The Morgan fingerprint density at radius 3 is 2.74 bits per heavy atom. The summed E-state index contributed by atoms with van der Waals surface area (Å²) in [6, 6.07) is 11.3. The lowest BCUT2D eigenvalue weighted by molar-refractivity contribution is -0.122. The molecule has 0 radical (unpaired) electrons. The number of rotatable bonds is 3. The van der Waals surface area contributed by atoms with Crippen LogP contribution in [0, 0.1) is 26.7 Å². The fourth-order valence-electron chi connectivity index (χ4n) is 3.40. The molecule has 27 heavy (non-hydrogen) atoms. The Morgan fingerprint density at radius 1 is 1.15 bits per heavy atom. The highest BCUT2D eigenvalue weighted by atomic mass is 16.3. The quantitative estimate of drug-likeness (QED) is 0.769. The maximum Gasteiger partial charge on any atom is 0.229 e. The number of hydrogen-bond acceptors (Lipinski definition) is 4. The molecule has 0 bridgehead atoms. The number of oxazole rings is 1. The molecule has 0 spiro atoms. The van der Waals surface area contributed by atoms with Crippen LogP contribution in [0.5, 0.6) is 0 Å². The van der Waals surface area contributed by atoms with Crippen molar-refractivity contribution in [3.05, 3.63) is 53.4 Å². The molecule has 4 rings (SSSR count). The Bertz CT molecular complexity index is 1050. The third-order valence-electron chi connectivity index (χ3n) is 5.06. The van der Waals surface area contributed by atoms with E-state index in [1.807, 2.05) is 44.2 Å². The summed E-state index contributed by atoms with van der Waals surface area (Å²) in [5.74, 6) is 0.0108. The molecule has 0 saturated carbocycles. The average Bonchev–Trinajstić information content (AvgIpc) is 3.19. The van der Waals surface area contributed by atoms with Crippen LogP contribution in [0.4, 0.5) is 11.4 Å². The van der Waals surface area contributed by atoms with Crippen LogP contribution >= 0.6 is 0 Å². The second kappa shape index (κ2) is 6.54. The molecule has 1 aromatic heterocycles. The monoisotopic (exact) mass is 363 g/mol. The maximum atomic E-state index is 12.6. The van der Waals surface area contributed by atoms with Gasteiger partial charge in [0.1, 0.15) is 5.52 Å². The summed E-state index contributed by atoms with van der Waals surface area (Å²) in [7, 11) is 0. The molecular formula is C21H21N3O3. The normalized spacial score (nSPS) is 16.9. The molecule has 1 atom stereocenters. The number of nitrogens with one attached hydrogen (secondary N) is 1. The number of anilines is 2. The Hall–Kier alpha value is -3.15. The summed E-state index contributed by atoms with van der Waals surface area (Å²) < 4.78 is 5.48. The first-order valence-electron chi connectivity index (χ1n) is 8.96. The van der Waals surface area contributed by atoms with Gasteiger partial charge < -0.3 is 14.6 Å². The maximum absolute atomic E-state index is 12.6. The summed E-state index contributed by atoms with van der Waals surface area (Å²) in [6.07, 6.45) is 0.201. The fourth-order valence-corrected chi connectivity index (χ4v) is 3.40. The molecule has 1 aliphatic rings. The van der Waals surface area contributed by atoms with Gasteiger partial charge in [0, 0.05) is 31.3 Å². The highest BCUT2D eigenvalue weighted by Gasteiger charge is 2.35. The second-order valence-corrected chi connectivity index (χ2v) is 7.08. The van der Waals surface area contributed by atoms with Crippen molar-refractivity contribution in [2.75, 3.05) is 16.8 Å². The van der Waals surface area contributed by atoms with Crippen LogP contribution < -0.4 is 10.2 Å². The number of nitrogens with zero attached hydrogens (tertiary/aromatic N) is 2. The van der Waals surface area contributed by atoms with E-state index in [2.05, 4.69) is 10.3 Å². The highest BCUT2D eigenvalue weighted by Crippen LogP contribution is 2.29. The minimum atomic E-state index is -0.381. The first kappa shape index (κ1) is 17.3. The lowest BCUT2D eigenvalue weighted by Gasteiger charge is -2.16. The molecule has 3 aromatic rings. The highest BCUT2D eigenvalue weighted by molar-refractivity contribution is 6.04. The summed E-state index contributed by atoms with van der Waals surface area (Å²) >= 11 is 0. The van der Waals surface area contributed by atoms with Crippen LogP contribution in [0.15, 0.2) is 40.8 Å². The number of fused-ring (bicyclic) bond motifs is 1. The number of carbonyl (C=O) groups excluding carboxylic acids is 2. The number of carbonyl (C=O) groups is 2. The van der Waals surface area contributed by atoms with Gasteiger partial charge in [0.15, 0.2) is 11.5 Å². The minimum absolute atomic E-state index is 0.0604. The molecule has 2 heterocycles. The van der Waals surface area contributed by atoms with Gasteiger partial charge >= 0.3 is 0 Å². The van der Waals surface area contributed by atoms with E-state index in [-0.39, 0.29) is 24.2 Å². The zero-order valence-electron chi connectivity index (χ0n) is 15.6. The van der Waals surface area contributed by atoms with E-state index in [1.165, 1.54) is 5.56 Å². The Morgan fingerprint density at radius 2 is 1.96 bits per heavy atom. The second-order valence-electron chi connectivity index (χ2n) is 7.08. The summed E-state index contributed by atoms with van der Waals surface area (Å²) in [5.41, 5.74) is 5.19. The summed E-state index contributed by atoms with van der Waals surface area (Å²) in [4.78, 5) is 31.1. The van der Waals surface area contributed by atoms with E-state index in [1.54, 1.807) is 17.9 Å². The van der Waals surface area contributed by atoms with E-state index in [0.29, 0.717) is 23.5 Å². The molecule has 1 fully saturated rings. The largest absolute Gasteiger partial charge is 0.441 e. The lowest BCUT2D eigenvalue weighted by atomic mass is 10.1. The van der Waals surface area contributed by atoms with Crippen molar-refractivity contribution in [3.63, 3.8) is 0 Å². The predicted molar refractivity (Wildman–Crippen MR) is 104 cm³/mol. The standard InChI is InChI=1S/C21H21N3O3/c1-12-4-5-16(8-13(12)2)23-21(26)15-9-20(25)24(11-15)17-6-7-19-18(10-17)22-14(3)27-19/h4-8,10,15H,9,11H2,1-3H3,(H,23,26). The van der Waals surface area contributed by atoms with E-state index in [0.717, 1.165) is 16.9 Å². The van der Waals surface area contributed by atoms with Gasteiger partial charge in [-0.05, 0) is 55.3 Å². The molecule has 2 aromatic carbocycles. The smallest absolute Gasteiger partial charge is 0.229 e. The Kier molecular flexibility index (Phi) is 4.18. The van der Waals surface area contributed by atoms with Crippen molar-refractivity contribution in [1.82, 2.24) is 4.98 Å². The lowest BCUT2D eigenvalue weighted by Crippen LogP contribution is -2.28. The van der Waals surface area contributed by atoms with Crippen molar-refractivity contribution >= 4 is 34.3 Å². The van der Waals surface area contributed by atoms with Crippen LogP contribution in [0.2, 0.25) is 0 Å². The Labute approximate surface area is 157 Å². The third-order valence-corrected chi connectivity index (χ3v) is 5.06. The molecule has 6 heteroatoms. The molecule has 2 amide bonds. The van der Waals surface area contributed by atoms with Crippen LogP contribution in [0.3, 0.4) is 0 Å². The van der Waals surface area contributed by atoms with Crippen molar-refractivity contribution in [2.24, 2.45) is 5.92 Å². The summed E-state index contributed by atoms with van der Waals surface area (Å²) in [6.45, 7) is 6.18. The first-order chi connectivity index (χ1) is 12.9. The van der Waals surface area contributed by atoms with Crippen molar-refractivity contribution < 1.29 is 14.0 Å². The van der Waals surface area contributed by atoms with Gasteiger partial charge in [-0.25, -0.2) is 4.98 Å². The van der Waals surface area contributed by atoms with Gasteiger partial charge in [-0.2, -0.15) is 0 Å². The van der Waals surface area contributed by atoms with Crippen molar-refractivity contribution in [2.45, 2.75) is 27.2 Å². The van der Waals surface area contributed by atoms with E-state index < -0.39 is 0 Å². The Balaban J connectivity index is 1.50. The molecule has 1 aliphatic heterocycles. The molecule has 0 aliphatic carbocycles. The van der Waals surface area contributed by atoms with Crippen LogP contribution in [0.25, 0.3) is 11.1 Å². The van der Waals surface area contributed by atoms with Crippen LogP contribution in [-0.2, 0) is 9.59 Å². The zero-order chi connectivity index (χ0) is 19.1. The number of amides is 2. The molecule has 6 nitrogen and oxygen atoms in total. The van der Waals surface area contributed by atoms with Crippen LogP contribution in [0.1, 0.15) is 23.4 Å². The fraction of sp³-hybridized carbons (Fsp3) is 0.286. The molecule has 1 saturated heterocycles. The SMILES string of the molecule is Cc1nc2cc(N3CC(C(=O)Nc4ccc(C)c(C)c4)CC3=O)ccc2o1. The molecular weight excluding hydrogens is 342 g/mol.